The zero-order valence-corrected chi connectivity index (χ0v) is 22.7. The van der Waals surface area contributed by atoms with Gasteiger partial charge < -0.3 is 15.5 Å². The molecule has 0 radical (unpaired) electrons. The van der Waals surface area contributed by atoms with E-state index in [2.05, 4.69) is 16.7 Å². The Labute approximate surface area is 224 Å². The molecule has 4 rings (SSSR count). The van der Waals surface area contributed by atoms with E-state index < -0.39 is 0 Å². The highest BCUT2D eigenvalue weighted by Gasteiger charge is 2.20. The van der Waals surface area contributed by atoms with Crippen LogP contribution in [0.1, 0.15) is 35.6 Å². The minimum absolute atomic E-state index is 0.0801. The molecular formula is C31H35N5O2. The zero-order valence-electron chi connectivity index (χ0n) is 22.7. The smallest absolute Gasteiger partial charge is 0.315 e. The van der Waals surface area contributed by atoms with Crippen LogP contribution in [0, 0.1) is 27.7 Å². The molecule has 7 heteroatoms. The lowest BCUT2D eigenvalue weighted by molar-refractivity contribution is -0.116. The summed E-state index contributed by atoms with van der Waals surface area (Å²) in [5.41, 5.74) is 7.73. The van der Waals surface area contributed by atoms with Crippen LogP contribution in [0.3, 0.4) is 0 Å². The lowest BCUT2D eigenvalue weighted by Gasteiger charge is -2.22. The van der Waals surface area contributed by atoms with Crippen molar-refractivity contribution in [2.24, 2.45) is 0 Å². The highest BCUT2D eigenvalue weighted by atomic mass is 16.2. The minimum Gasteiger partial charge on any atom is -0.315 e. The molecule has 3 aromatic carbocycles. The summed E-state index contributed by atoms with van der Waals surface area (Å²) in [5.74, 6) is 0.256. The van der Waals surface area contributed by atoms with Gasteiger partial charge in [0.15, 0.2) is 0 Å². The van der Waals surface area contributed by atoms with Gasteiger partial charge in [-0.2, -0.15) is 5.10 Å². The summed E-state index contributed by atoms with van der Waals surface area (Å²) in [7, 11) is 0. The third-order valence-electron chi connectivity index (χ3n) is 6.50. The van der Waals surface area contributed by atoms with Crippen molar-refractivity contribution in [1.82, 2.24) is 14.7 Å². The first kappa shape index (κ1) is 26.7. The largest absolute Gasteiger partial charge is 0.322 e. The number of hydrogen-bond donors (Lipinski definition) is 2. The van der Waals surface area contributed by atoms with E-state index in [4.69, 9.17) is 5.10 Å². The second-order valence-corrected chi connectivity index (χ2v) is 9.68. The van der Waals surface area contributed by atoms with Crippen molar-refractivity contribution in [1.29, 1.82) is 0 Å². The van der Waals surface area contributed by atoms with Gasteiger partial charge in [-0.05, 0) is 69.0 Å². The number of anilines is 2. The molecular weight excluding hydrogens is 474 g/mol. The van der Waals surface area contributed by atoms with E-state index in [9.17, 15) is 9.59 Å². The molecule has 0 saturated heterocycles. The van der Waals surface area contributed by atoms with Gasteiger partial charge in [0.05, 0.1) is 11.4 Å². The standard InChI is InChI=1S/C31H35N5O2/c1-6-16-35(31(38)32-26-14-13-22(3)23(4)18-26)20-30(37)33-29-19-27(25-10-8-7-9-11-25)34-36(29)28-15-12-21(2)17-24(28)5/h7-15,17-19H,6,16,20H2,1-5H3,(H,32,38)(H,33,37). The predicted molar refractivity (Wildman–Crippen MR) is 154 cm³/mol. The van der Waals surface area contributed by atoms with E-state index in [1.807, 2.05) is 101 Å². The predicted octanol–water partition coefficient (Wildman–Crippen LogP) is 6.66. The number of nitrogens with one attached hydrogen (secondary N) is 2. The van der Waals surface area contributed by atoms with Crippen LogP contribution in [-0.2, 0) is 4.79 Å². The molecule has 0 aliphatic carbocycles. The molecule has 0 atom stereocenters. The van der Waals surface area contributed by atoms with E-state index in [0.29, 0.717) is 18.1 Å². The van der Waals surface area contributed by atoms with Gasteiger partial charge in [0.1, 0.15) is 12.4 Å². The maximum Gasteiger partial charge on any atom is 0.322 e. The molecule has 0 spiro atoms. The number of rotatable bonds is 8. The van der Waals surface area contributed by atoms with E-state index in [-0.39, 0.29) is 18.5 Å². The van der Waals surface area contributed by atoms with Gasteiger partial charge in [-0.25, -0.2) is 9.48 Å². The van der Waals surface area contributed by atoms with Crippen molar-refractivity contribution in [2.75, 3.05) is 23.7 Å². The Morgan fingerprint density at radius 1 is 0.842 bits per heavy atom. The van der Waals surface area contributed by atoms with Crippen molar-refractivity contribution >= 4 is 23.4 Å². The highest BCUT2D eigenvalue weighted by molar-refractivity contribution is 5.97. The molecule has 2 N–H and O–H groups in total. The Bertz CT molecular complexity index is 1440. The highest BCUT2D eigenvalue weighted by Crippen LogP contribution is 2.26. The summed E-state index contributed by atoms with van der Waals surface area (Å²) in [5, 5.41) is 10.8. The maximum atomic E-state index is 13.2. The summed E-state index contributed by atoms with van der Waals surface area (Å²) in [6, 6.07) is 23.3. The average molecular weight is 510 g/mol. The average Bonchev–Trinajstić information content (AvgIpc) is 3.29. The second-order valence-electron chi connectivity index (χ2n) is 9.68. The molecule has 1 heterocycles. The monoisotopic (exact) mass is 509 g/mol. The Morgan fingerprint density at radius 3 is 2.29 bits per heavy atom. The fraction of sp³-hybridized carbons (Fsp3) is 0.258. The molecule has 0 aliphatic heterocycles. The molecule has 7 nitrogen and oxygen atoms in total. The number of aryl methyl sites for hydroxylation is 4. The summed E-state index contributed by atoms with van der Waals surface area (Å²) in [6.07, 6.45) is 0.728. The zero-order chi connectivity index (χ0) is 27.2. The number of benzene rings is 3. The third-order valence-corrected chi connectivity index (χ3v) is 6.50. The quantitative estimate of drug-likeness (QED) is 0.279. The summed E-state index contributed by atoms with van der Waals surface area (Å²) >= 11 is 0. The van der Waals surface area contributed by atoms with Crippen molar-refractivity contribution < 1.29 is 9.59 Å². The van der Waals surface area contributed by atoms with Crippen molar-refractivity contribution in [2.45, 2.75) is 41.0 Å². The van der Waals surface area contributed by atoms with Crippen LogP contribution < -0.4 is 10.6 Å². The number of amides is 3. The first-order valence-corrected chi connectivity index (χ1v) is 12.9. The maximum absolute atomic E-state index is 13.2. The SMILES string of the molecule is CCCN(CC(=O)Nc1cc(-c2ccccc2)nn1-c1ccc(C)cc1C)C(=O)Nc1ccc(C)c(C)c1. The number of aromatic nitrogens is 2. The normalized spacial score (nSPS) is 10.8. The number of nitrogens with zero attached hydrogens (tertiary/aromatic N) is 3. The van der Waals surface area contributed by atoms with Crippen LogP contribution in [0.25, 0.3) is 16.9 Å². The van der Waals surface area contributed by atoms with Gasteiger partial charge in [0.25, 0.3) is 0 Å². The number of carbonyl (C=O) groups is 2. The van der Waals surface area contributed by atoms with E-state index >= 15 is 0 Å². The molecule has 3 amide bonds. The second kappa shape index (κ2) is 11.8. The Kier molecular flexibility index (Phi) is 8.26. The topological polar surface area (TPSA) is 79.3 Å². The Hall–Kier alpha value is -4.39. The van der Waals surface area contributed by atoms with Gasteiger partial charge in [0, 0.05) is 23.9 Å². The lowest BCUT2D eigenvalue weighted by Crippen LogP contribution is -2.41. The van der Waals surface area contributed by atoms with Gasteiger partial charge in [-0.1, -0.05) is 61.0 Å². The Balaban J connectivity index is 1.57. The molecule has 196 valence electrons. The number of carbonyl (C=O) groups excluding carboxylic acids is 2. The number of urea groups is 1. The van der Waals surface area contributed by atoms with Crippen LogP contribution in [-0.4, -0.2) is 39.7 Å². The molecule has 4 aromatic rings. The van der Waals surface area contributed by atoms with Crippen LogP contribution in [0.4, 0.5) is 16.3 Å². The molecule has 0 unspecified atom stereocenters. The van der Waals surface area contributed by atoms with E-state index in [1.165, 1.54) is 4.90 Å². The van der Waals surface area contributed by atoms with Crippen LogP contribution >= 0.6 is 0 Å². The van der Waals surface area contributed by atoms with Gasteiger partial charge in [-0.15, -0.1) is 0 Å². The molecule has 0 aliphatic rings. The van der Waals surface area contributed by atoms with Crippen molar-refractivity contribution in [3.05, 3.63) is 95.1 Å². The molecule has 1 aromatic heterocycles. The van der Waals surface area contributed by atoms with E-state index in [1.54, 1.807) is 4.68 Å². The molecule has 0 fully saturated rings. The summed E-state index contributed by atoms with van der Waals surface area (Å²) in [6.45, 7) is 10.5. The first-order valence-electron chi connectivity index (χ1n) is 12.9. The molecule has 38 heavy (non-hydrogen) atoms. The molecule has 0 saturated carbocycles. The van der Waals surface area contributed by atoms with E-state index in [0.717, 1.165) is 45.6 Å². The summed E-state index contributed by atoms with van der Waals surface area (Å²) in [4.78, 5) is 27.8. The van der Waals surface area contributed by atoms with Gasteiger partial charge in [0.2, 0.25) is 5.91 Å². The molecule has 0 bridgehead atoms. The lowest BCUT2D eigenvalue weighted by atomic mass is 10.1. The van der Waals surface area contributed by atoms with Crippen molar-refractivity contribution in [3.63, 3.8) is 0 Å². The Morgan fingerprint density at radius 2 is 1.61 bits per heavy atom. The van der Waals surface area contributed by atoms with Crippen LogP contribution in [0.2, 0.25) is 0 Å². The van der Waals surface area contributed by atoms with Gasteiger partial charge >= 0.3 is 6.03 Å². The van der Waals surface area contributed by atoms with Crippen LogP contribution in [0.5, 0.6) is 0 Å². The minimum atomic E-state index is -0.307. The summed E-state index contributed by atoms with van der Waals surface area (Å²) < 4.78 is 1.76. The van der Waals surface area contributed by atoms with Crippen LogP contribution in [0.15, 0.2) is 72.8 Å². The van der Waals surface area contributed by atoms with Crippen molar-refractivity contribution in [3.8, 4) is 16.9 Å². The number of hydrogen-bond acceptors (Lipinski definition) is 3. The first-order chi connectivity index (χ1) is 18.2. The third kappa shape index (κ3) is 6.29. The fourth-order valence-electron chi connectivity index (χ4n) is 4.35. The van der Waals surface area contributed by atoms with Gasteiger partial charge in [-0.3, -0.25) is 4.79 Å². The fourth-order valence-corrected chi connectivity index (χ4v) is 4.35.